The smallest absolute Gasteiger partial charge is 0.242 e. The fourth-order valence-electron chi connectivity index (χ4n) is 2.53. The van der Waals surface area contributed by atoms with Gasteiger partial charge in [0, 0.05) is 18.7 Å². The van der Waals surface area contributed by atoms with Crippen molar-refractivity contribution in [2.45, 2.75) is 18.6 Å². The number of benzene rings is 2. The van der Waals surface area contributed by atoms with Crippen LogP contribution in [0.3, 0.4) is 0 Å². The van der Waals surface area contributed by atoms with E-state index in [9.17, 15) is 9.59 Å². The number of amidine groups is 1. The zero-order valence-electron chi connectivity index (χ0n) is 13.9. The highest BCUT2D eigenvalue weighted by molar-refractivity contribution is 8.15. The second-order valence-electron chi connectivity index (χ2n) is 5.54. The van der Waals surface area contributed by atoms with Gasteiger partial charge in [-0.25, -0.2) is 4.99 Å². The minimum Gasteiger partial charge on any atom is -0.326 e. The van der Waals surface area contributed by atoms with Crippen LogP contribution in [0.5, 0.6) is 0 Å². The molecule has 2 aromatic carbocycles. The van der Waals surface area contributed by atoms with Crippen LogP contribution in [-0.2, 0) is 9.59 Å². The summed E-state index contributed by atoms with van der Waals surface area (Å²) in [6, 6.07) is 18.8. The minimum atomic E-state index is -0.439. The number of rotatable bonds is 5. The van der Waals surface area contributed by atoms with E-state index in [1.165, 1.54) is 11.8 Å². The number of nitrogens with one attached hydrogen (secondary N) is 1. The van der Waals surface area contributed by atoms with Crippen LogP contribution in [-0.4, -0.2) is 33.7 Å². The Bertz CT molecular complexity index is 778. The Morgan fingerprint density at radius 2 is 1.76 bits per heavy atom. The first-order chi connectivity index (χ1) is 12.2. The first-order valence-electron chi connectivity index (χ1n) is 8.14. The Hall–Kier alpha value is -2.60. The molecule has 0 aliphatic carbocycles. The first-order valence-corrected chi connectivity index (χ1v) is 9.02. The van der Waals surface area contributed by atoms with E-state index in [1.807, 2.05) is 67.6 Å². The van der Waals surface area contributed by atoms with Crippen LogP contribution < -0.4 is 5.32 Å². The first kappa shape index (κ1) is 17.2. The number of anilines is 1. The van der Waals surface area contributed by atoms with Gasteiger partial charge in [-0.15, -0.1) is 0 Å². The van der Waals surface area contributed by atoms with Crippen molar-refractivity contribution >= 4 is 40.1 Å². The maximum absolute atomic E-state index is 12.6. The van der Waals surface area contributed by atoms with E-state index >= 15 is 0 Å². The fraction of sp³-hybridized carbons (Fsp3) is 0.211. The molecule has 6 heteroatoms. The summed E-state index contributed by atoms with van der Waals surface area (Å²) in [5.41, 5.74) is 1.53. The Morgan fingerprint density at radius 1 is 1.12 bits per heavy atom. The number of aliphatic imine (C=N–C) groups is 1. The van der Waals surface area contributed by atoms with Gasteiger partial charge in [-0.1, -0.05) is 48.2 Å². The lowest BCUT2D eigenvalue weighted by atomic mass is 10.2. The van der Waals surface area contributed by atoms with E-state index in [1.54, 1.807) is 4.90 Å². The maximum Gasteiger partial charge on any atom is 0.242 e. The van der Waals surface area contributed by atoms with Crippen molar-refractivity contribution in [1.82, 2.24) is 4.90 Å². The largest absolute Gasteiger partial charge is 0.326 e. The Balaban J connectivity index is 1.69. The number of nitrogens with zero attached hydrogens (tertiary/aromatic N) is 2. The Kier molecular flexibility index (Phi) is 5.50. The van der Waals surface area contributed by atoms with Gasteiger partial charge in [0.15, 0.2) is 5.17 Å². The molecule has 0 aromatic heterocycles. The Labute approximate surface area is 151 Å². The molecule has 0 radical (unpaired) electrons. The third-order valence-corrected chi connectivity index (χ3v) is 4.92. The van der Waals surface area contributed by atoms with Crippen LogP contribution in [0.25, 0.3) is 0 Å². The summed E-state index contributed by atoms with van der Waals surface area (Å²) in [4.78, 5) is 31.0. The zero-order valence-corrected chi connectivity index (χ0v) is 14.7. The van der Waals surface area contributed by atoms with Crippen LogP contribution >= 0.6 is 11.8 Å². The van der Waals surface area contributed by atoms with Crippen LogP contribution in [0.1, 0.15) is 13.3 Å². The molecule has 1 saturated heterocycles. The molecule has 2 aromatic rings. The minimum absolute atomic E-state index is 0.0645. The normalized spacial score (nSPS) is 18.6. The van der Waals surface area contributed by atoms with Crippen molar-refractivity contribution in [3.05, 3.63) is 60.7 Å². The average molecular weight is 353 g/mol. The molecule has 5 nitrogen and oxygen atoms in total. The quantitative estimate of drug-likeness (QED) is 0.892. The number of carbonyl (C=O) groups is 2. The highest BCUT2D eigenvalue weighted by Gasteiger charge is 2.38. The van der Waals surface area contributed by atoms with Gasteiger partial charge in [-0.3, -0.25) is 14.5 Å². The van der Waals surface area contributed by atoms with Crippen molar-refractivity contribution in [3.63, 3.8) is 0 Å². The molecule has 0 saturated carbocycles. The van der Waals surface area contributed by atoms with Crippen molar-refractivity contribution in [3.8, 4) is 0 Å². The second-order valence-corrected chi connectivity index (χ2v) is 6.71. The molecule has 1 aliphatic heterocycles. The molecule has 3 rings (SSSR count). The second kappa shape index (κ2) is 7.98. The summed E-state index contributed by atoms with van der Waals surface area (Å²) < 4.78 is 0. The van der Waals surface area contributed by atoms with E-state index in [0.717, 1.165) is 11.4 Å². The number of hydrogen-bond donors (Lipinski definition) is 1. The molecule has 1 fully saturated rings. The van der Waals surface area contributed by atoms with Crippen molar-refractivity contribution in [2.24, 2.45) is 4.99 Å². The number of hydrogen-bond acceptors (Lipinski definition) is 4. The molecule has 1 aliphatic rings. The predicted molar refractivity (Wildman–Crippen MR) is 102 cm³/mol. The topological polar surface area (TPSA) is 61.8 Å². The van der Waals surface area contributed by atoms with E-state index in [4.69, 9.17) is 0 Å². The average Bonchev–Trinajstić information content (AvgIpc) is 2.91. The number of amides is 2. The number of para-hydroxylation sites is 2. The summed E-state index contributed by atoms with van der Waals surface area (Å²) in [6.07, 6.45) is 0.128. The monoisotopic (exact) mass is 353 g/mol. The molecule has 0 bridgehead atoms. The maximum atomic E-state index is 12.6. The van der Waals surface area contributed by atoms with E-state index in [-0.39, 0.29) is 18.2 Å². The SMILES string of the molecule is CCN1C(=O)[C@@H](CC(=O)Nc2ccccc2)SC1=Nc1ccccc1. The van der Waals surface area contributed by atoms with Gasteiger partial charge in [0.25, 0.3) is 0 Å². The van der Waals surface area contributed by atoms with Gasteiger partial charge in [-0.2, -0.15) is 0 Å². The van der Waals surface area contributed by atoms with Gasteiger partial charge >= 0.3 is 0 Å². The van der Waals surface area contributed by atoms with E-state index < -0.39 is 5.25 Å². The highest BCUT2D eigenvalue weighted by atomic mass is 32.2. The summed E-state index contributed by atoms with van der Waals surface area (Å²) in [5, 5.41) is 3.03. The molecular formula is C19H19N3O2S. The van der Waals surface area contributed by atoms with Gasteiger partial charge in [0.05, 0.1) is 5.69 Å². The summed E-state index contributed by atoms with van der Waals surface area (Å²) in [5.74, 6) is -0.237. The van der Waals surface area contributed by atoms with Crippen molar-refractivity contribution in [2.75, 3.05) is 11.9 Å². The van der Waals surface area contributed by atoms with Crippen LogP contribution in [0, 0.1) is 0 Å². The summed E-state index contributed by atoms with van der Waals surface area (Å²) in [7, 11) is 0. The molecule has 1 heterocycles. The lowest BCUT2D eigenvalue weighted by Gasteiger charge is -2.13. The summed E-state index contributed by atoms with van der Waals surface area (Å²) >= 11 is 1.35. The van der Waals surface area contributed by atoms with E-state index in [2.05, 4.69) is 10.3 Å². The fourth-order valence-corrected chi connectivity index (χ4v) is 3.75. The van der Waals surface area contributed by atoms with Gasteiger partial charge in [0.2, 0.25) is 11.8 Å². The lowest BCUT2D eigenvalue weighted by molar-refractivity contribution is -0.128. The van der Waals surface area contributed by atoms with Crippen LogP contribution in [0.2, 0.25) is 0 Å². The van der Waals surface area contributed by atoms with Gasteiger partial charge in [0.1, 0.15) is 5.25 Å². The van der Waals surface area contributed by atoms with Gasteiger partial charge < -0.3 is 5.32 Å². The van der Waals surface area contributed by atoms with Crippen LogP contribution in [0.4, 0.5) is 11.4 Å². The molecule has 0 unspecified atom stereocenters. The third kappa shape index (κ3) is 4.28. The molecule has 128 valence electrons. The molecule has 2 amide bonds. The molecular weight excluding hydrogens is 334 g/mol. The summed E-state index contributed by atoms with van der Waals surface area (Å²) in [6.45, 7) is 2.44. The molecule has 25 heavy (non-hydrogen) atoms. The Morgan fingerprint density at radius 3 is 2.40 bits per heavy atom. The third-order valence-electron chi connectivity index (χ3n) is 3.75. The molecule has 0 spiro atoms. The lowest BCUT2D eigenvalue weighted by Crippen LogP contribution is -2.33. The van der Waals surface area contributed by atoms with E-state index in [0.29, 0.717) is 11.7 Å². The molecule has 1 N–H and O–H groups in total. The predicted octanol–water partition coefficient (Wildman–Crippen LogP) is 3.67. The molecule has 1 atom stereocenters. The standard InChI is InChI=1S/C19H19N3O2S/c1-2-22-18(24)16(13-17(23)20-14-9-5-3-6-10-14)25-19(22)21-15-11-7-4-8-12-15/h3-12,16H,2,13H2,1H3,(H,20,23)/t16-/m1/s1. The van der Waals surface area contributed by atoms with Crippen molar-refractivity contribution < 1.29 is 9.59 Å². The number of carbonyl (C=O) groups excluding carboxylic acids is 2. The highest BCUT2D eigenvalue weighted by Crippen LogP contribution is 2.31. The zero-order chi connectivity index (χ0) is 17.6. The van der Waals surface area contributed by atoms with Crippen LogP contribution in [0.15, 0.2) is 65.7 Å². The van der Waals surface area contributed by atoms with Crippen molar-refractivity contribution in [1.29, 1.82) is 0 Å². The van der Waals surface area contributed by atoms with Gasteiger partial charge in [-0.05, 0) is 31.2 Å². The number of thioether (sulfide) groups is 1.